The Morgan fingerprint density at radius 2 is 1.71 bits per heavy atom. The maximum absolute atomic E-state index is 12.9. The molecule has 140 valence electrons. The first-order chi connectivity index (χ1) is 13.5. The lowest BCUT2D eigenvalue weighted by Gasteiger charge is -2.23. The molecule has 4 rings (SSSR count). The van der Waals surface area contributed by atoms with Crippen LogP contribution in [0.4, 0.5) is 5.82 Å². The van der Waals surface area contributed by atoms with Gasteiger partial charge in [-0.1, -0.05) is 65.3 Å². The van der Waals surface area contributed by atoms with Crippen LogP contribution < -0.4 is 4.90 Å². The van der Waals surface area contributed by atoms with Crippen molar-refractivity contribution in [1.82, 2.24) is 5.16 Å². The maximum atomic E-state index is 12.9. The molecule has 1 aliphatic heterocycles. The van der Waals surface area contributed by atoms with Crippen LogP contribution in [0.15, 0.2) is 70.8 Å². The summed E-state index contributed by atoms with van der Waals surface area (Å²) < 4.78 is 5.11. The van der Waals surface area contributed by atoms with Gasteiger partial charge in [0.25, 0.3) is 5.78 Å². The summed E-state index contributed by atoms with van der Waals surface area (Å²) in [4.78, 5) is 27.0. The Morgan fingerprint density at radius 3 is 2.32 bits per heavy atom. The van der Waals surface area contributed by atoms with Crippen LogP contribution in [0, 0.1) is 13.8 Å². The second-order valence-electron chi connectivity index (χ2n) is 6.74. The van der Waals surface area contributed by atoms with Crippen LogP contribution in [0.1, 0.15) is 28.5 Å². The fourth-order valence-corrected chi connectivity index (χ4v) is 3.35. The van der Waals surface area contributed by atoms with Gasteiger partial charge < -0.3 is 9.63 Å². The molecule has 6 heteroatoms. The number of amides is 1. The molecule has 2 heterocycles. The Kier molecular flexibility index (Phi) is 4.31. The molecule has 0 bridgehead atoms. The average Bonchev–Trinajstić information content (AvgIpc) is 3.24. The molecular formula is C22H18N2O4. The van der Waals surface area contributed by atoms with Crippen molar-refractivity contribution >= 4 is 23.3 Å². The number of hydrogen-bond donors (Lipinski definition) is 1. The van der Waals surface area contributed by atoms with E-state index in [1.807, 2.05) is 37.3 Å². The molecule has 1 aliphatic rings. The van der Waals surface area contributed by atoms with Crippen LogP contribution in [0.3, 0.4) is 0 Å². The number of rotatable bonds is 3. The predicted molar refractivity (Wildman–Crippen MR) is 104 cm³/mol. The number of aliphatic hydroxyl groups excluding tert-OH is 1. The lowest BCUT2D eigenvalue weighted by Crippen LogP contribution is -2.29. The van der Waals surface area contributed by atoms with E-state index in [2.05, 4.69) is 5.16 Å². The van der Waals surface area contributed by atoms with Crippen molar-refractivity contribution in [3.8, 4) is 0 Å². The zero-order valence-corrected chi connectivity index (χ0v) is 15.4. The van der Waals surface area contributed by atoms with Crippen LogP contribution >= 0.6 is 0 Å². The topological polar surface area (TPSA) is 83.6 Å². The van der Waals surface area contributed by atoms with E-state index >= 15 is 0 Å². The van der Waals surface area contributed by atoms with E-state index in [0.717, 1.165) is 5.56 Å². The molecule has 0 saturated carbocycles. The highest BCUT2D eigenvalue weighted by molar-refractivity contribution is 6.51. The van der Waals surface area contributed by atoms with E-state index in [1.165, 1.54) is 4.90 Å². The molecule has 28 heavy (non-hydrogen) atoms. The molecule has 0 aliphatic carbocycles. The van der Waals surface area contributed by atoms with E-state index in [0.29, 0.717) is 16.9 Å². The highest BCUT2D eigenvalue weighted by atomic mass is 16.5. The third-order valence-electron chi connectivity index (χ3n) is 4.75. The molecule has 2 aromatic carbocycles. The van der Waals surface area contributed by atoms with Gasteiger partial charge in [0.2, 0.25) is 0 Å². The highest BCUT2D eigenvalue weighted by Gasteiger charge is 2.48. The van der Waals surface area contributed by atoms with Gasteiger partial charge in [-0.05, 0) is 19.4 Å². The Morgan fingerprint density at radius 1 is 1.04 bits per heavy atom. The van der Waals surface area contributed by atoms with Crippen molar-refractivity contribution in [2.24, 2.45) is 0 Å². The van der Waals surface area contributed by atoms with Crippen molar-refractivity contribution in [3.05, 3.63) is 88.7 Å². The van der Waals surface area contributed by atoms with Crippen LogP contribution in [0.5, 0.6) is 0 Å². The van der Waals surface area contributed by atoms with Crippen molar-refractivity contribution in [1.29, 1.82) is 0 Å². The third-order valence-corrected chi connectivity index (χ3v) is 4.75. The number of carbonyl (C=O) groups is 2. The fraction of sp³-hybridized carbons (Fsp3) is 0.136. The number of carbonyl (C=O) groups excluding carboxylic acids is 2. The Labute approximate surface area is 161 Å². The molecule has 0 radical (unpaired) electrons. The monoisotopic (exact) mass is 374 g/mol. The SMILES string of the molecule is Cc1ccc(C2C(=C(O)c3ccccc3)C(=O)C(=O)N2c2cc(C)on2)cc1. The summed E-state index contributed by atoms with van der Waals surface area (Å²) in [7, 11) is 0. The quantitative estimate of drug-likeness (QED) is 0.427. The van der Waals surface area contributed by atoms with Crippen molar-refractivity contribution in [2.75, 3.05) is 4.90 Å². The highest BCUT2D eigenvalue weighted by Crippen LogP contribution is 2.41. The number of anilines is 1. The van der Waals surface area contributed by atoms with Gasteiger partial charge in [0.1, 0.15) is 11.5 Å². The number of benzene rings is 2. The Bertz CT molecular complexity index is 1080. The number of Topliss-reactive ketones (excluding diaryl/α,β-unsaturated/α-hetero) is 1. The summed E-state index contributed by atoms with van der Waals surface area (Å²) in [6.45, 7) is 3.66. The molecule has 1 saturated heterocycles. The molecule has 1 atom stereocenters. The number of ketones is 1. The molecule has 0 spiro atoms. The first-order valence-corrected chi connectivity index (χ1v) is 8.83. The van der Waals surface area contributed by atoms with E-state index < -0.39 is 17.7 Å². The molecule has 6 nitrogen and oxygen atoms in total. The van der Waals surface area contributed by atoms with Gasteiger partial charge >= 0.3 is 5.91 Å². The minimum absolute atomic E-state index is 0.0284. The zero-order chi connectivity index (χ0) is 19.8. The van der Waals surface area contributed by atoms with E-state index in [9.17, 15) is 14.7 Å². The second-order valence-corrected chi connectivity index (χ2v) is 6.74. The molecule has 1 fully saturated rings. The smallest absolute Gasteiger partial charge is 0.301 e. The largest absolute Gasteiger partial charge is 0.507 e. The summed E-state index contributed by atoms with van der Waals surface area (Å²) in [5, 5.41) is 14.8. The Hall–Kier alpha value is -3.67. The summed E-state index contributed by atoms with van der Waals surface area (Å²) >= 11 is 0. The number of aliphatic hydroxyl groups is 1. The van der Waals surface area contributed by atoms with Crippen LogP contribution in [-0.4, -0.2) is 22.0 Å². The first kappa shape index (κ1) is 17.7. The molecule has 3 aromatic rings. The number of aromatic nitrogens is 1. The predicted octanol–water partition coefficient (Wildman–Crippen LogP) is 3.92. The normalized spacial score (nSPS) is 18.6. The minimum atomic E-state index is -0.801. The maximum Gasteiger partial charge on any atom is 0.301 e. The minimum Gasteiger partial charge on any atom is -0.507 e. The summed E-state index contributed by atoms with van der Waals surface area (Å²) in [6, 6.07) is 17.0. The van der Waals surface area contributed by atoms with E-state index in [1.54, 1.807) is 37.3 Å². The summed E-state index contributed by atoms with van der Waals surface area (Å²) in [6.07, 6.45) is 0. The van der Waals surface area contributed by atoms with Crippen molar-refractivity contribution in [2.45, 2.75) is 19.9 Å². The molecule has 1 N–H and O–H groups in total. The van der Waals surface area contributed by atoms with Gasteiger partial charge in [-0.2, -0.15) is 0 Å². The third kappa shape index (κ3) is 2.89. The van der Waals surface area contributed by atoms with Crippen LogP contribution in [0.2, 0.25) is 0 Å². The van der Waals surface area contributed by atoms with Gasteiger partial charge in [0, 0.05) is 11.6 Å². The number of nitrogens with zero attached hydrogens (tertiary/aromatic N) is 2. The standard InChI is InChI=1S/C22H18N2O4/c1-13-8-10-15(11-9-13)19-18(20(25)16-6-4-3-5-7-16)21(26)22(27)24(19)17-12-14(2)28-23-17/h3-12,19,25H,1-2H3. The second kappa shape index (κ2) is 6.81. The molecular weight excluding hydrogens is 356 g/mol. The van der Waals surface area contributed by atoms with Gasteiger partial charge in [0.05, 0.1) is 11.6 Å². The van der Waals surface area contributed by atoms with Crippen molar-refractivity contribution in [3.63, 3.8) is 0 Å². The first-order valence-electron chi connectivity index (χ1n) is 8.83. The molecule has 1 aromatic heterocycles. The lowest BCUT2D eigenvalue weighted by atomic mass is 9.95. The average molecular weight is 374 g/mol. The zero-order valence-electron chi connectivity index (χ0n) is 15.4. The lowest BCUT2D eigenvalue weighted by molar-refractivity contribution is -0.132. The van der Waals surface area contributed by atoms with Gasteiger partial charge in [-0.25, -0.2) is 0 Å². The molecule has 1 unspecified atom stereocenters. The van der Waals surface area contributed by atoms with Crippen LogP contribution in [0.25, 0.3) is 5.76 Å². The number of aryl methyl sites for hydroxylation is 2. The van der Waals surface area contributed by atoms with Crippen LogP contribution in [-0.2, 0) is 9.59 Å². The molecule has 1 amide bonds. The van der Waals surface area contributed by atoms with Gasteiger partial charge in [-0.3, -0.25) is 14.5 Å². The van der Waals surface area contributed by atoms with E-state index in [4.69, 9.17) is 4.52 Å². The van der Waals surface area contributed by atoms with Gasteiger partial charge in [-0.15, -0.1) is 0 Å². The van der Waals surface area contributed by atoms with E-state index in [-0.39, 0.29) is 17.2 Å². The summed E-state index contributed by atoms with van der Waals surface area (Å²) in [5.41, 5.74) is 2.23. The fourth-order valence-electron chi connectivity index (χ4n) is 3.35. The van der Waals surface area contributed by atoms with Crippen molar-refractivity contribution < 1.29 is 19.2 Å². The Balaban J connectivity index is 1.94. The van der Waals surface area contributed by atoms with Gasteiger partial charge in [0.15, 0.2) is 5.82 Å². The summed E-state index contributed by atoms with van der Waals surface area (Å²) in [5.74, 6) is -0.976. The number of hydrogen-bond acceptors (Lipinski definition) is 5.